The lowest BCUT2D eigenvalue weighted by Gasteiger charge is -2.35. The summed E-state index contributed by atoms with van der Waals surface area (Å²) in [5.41, 5.74) is 4.03. The van der Waals surface area contributed by atoms with E-state index in [2.05, 4.69) is 33.7 Å². The Morgan fingerprint density at radius 1 is 0.941 bits per heavy atom. The zero-order valence-corrected chi connectivity index (χ0v) is 20.3. The van der Waals surface area contributed by atoms with E-state index in [1.54, 1.807) is 13.2 Å². The average molecular weight is 460 g/mol. The highest BCUT2D eigenvalue weighted by Gasteiger charge is 2.27. The summed E-state index contributed by atoms with van der Waals surface area (Å²) in [6, 6.07) is 19.8. The fourth-order valence-corrected chi connectivity index (χ4v) is 4.76. The molecule has 1 aromatic heterocycles. The van der Waals surface area contributed by atoms with E-state index in [0.29, 0.717) is 31.6 Å². The molecule has 1 fully saturated rings. The normalized spacial score (nSPS) is 14.3. The molecule has 0 N–H and O–H groups in total. The maximum atomic E-state index is 13.6. The molecule has 2 aromatic carbocycles. The Morgan fingerprint density at radius 2 is 1.62 bits per heavy atom. The third-order valence-corrected chi connectivity index (χ3v) is 6.60. The number of para-hydroxylation sites is 1. The van der Waals surface area contributed by atoms with Gasteiger partial charge in [0.2, 0.25) is 0 Å². The van der Waals surface area contributed by atoms with Gasteiger partial charge in [0.25, 0.3) is 5.91 Å². The molecule has 1 aliphatic heterocycles. The Balaban J connectivity index is 1.56. The zero-order chi connectivity index (χ0) is 24.1. The number of hydrogen-bond acceptors (Lipinski definition) is 4. The number of carbonyl (C=O) groups is 1. The molecule has 0 saturated carbocycles. The van der Waals surface area contributed by atoms with Gasteiger partial charge in [0.15, 0.2) is 5.43 Å². The van der Waals surface area contributed by atoms with Gasteiger partial charge in [-0.2, -0.15) is 0 Å². The van der Waals surface area contributed by atoms with Crippen molar-refractivity contribution in [1.82, 2.24) is 14.4 Å². The van der Waals surface area contributed by atoms with Crippen LogP contribution in [0.5, 0.6) is 5.75 Å². The van der Waals surface area contributed by atoms with E-state index in [9.17, 15) is 9.59 Å². The van der Waals surface area contributed by atoms with Crippen LogP contribution in [0.25, 0.3) is 0 Å². The van der Waals surface area contributed by atoms with Gasteiger partial charge in [0.05, 0.1) is 13.7 Å². The van der Waals surface area contributed by atoms with Crippen molar-refractivity contribution in [2.24, 2.45) is 0 Å². The van der Waals surface area contributed by atoms with Crippen molar-refractivity contribution >= 4 is 5.91 Å². The molecule has 0 radical (unpaired) electrons. The number of nitrogens with zero attached hydrogens (tertiary/aromatic N) is 3. The maximum Gasteiger partial charge on any atom is 0.259 e. The number of piperazine rings is 1. The van der Waals surface area contributed by atoms with Crippen molar-refractivity contribution in [3.8, 4) is 5.75 Å². The summed E-state index contributed by atoms with van der Waals surface area (Å²) >= 11 is 0. The first kappa shape index (κ1) is 23.8. The second-order valence-corrected chi connectivity index (χ2v) is 8.78. The summed E-state index contributed by atoms with van der Waals surface area (Å²) in [6.45, 7) is 8.17. The van der Waals surface area contributed by atoms with Crippen LogP contribution < -0.4 is 10.2 Å². The fourth-order valence-electron chi connectivity index (χ4n) is 4.76. The standard InChI is InChI=1S/C28H33N3O3/c1-4-24-27(25(32)18-21(2)31(24)20-23-12-8-9-13-26(23)34-3)28(33)30-16-14-29(15-17-30)19-22-10-6-5-7-11-22/h5-13,18H,4,14-17,19-20H2,1-3H3. The van der Waals surface area contributed by atoms with Gasteiger partial charge in [-0.3, -0.25) is 14.5 Å². The van der Waals surface area contributed by atoms with Gasteiger partial charge in [-0.15, -0.1) is 0 Å². The smallest absolute Gasteiger partial charge is 0.259 e. The van der Waals surface area contributed by atoms with E-state index in [4.69, 9.17) is 4.74 Å². The quantitative estimate of drug-likeness (QED) is 0.540. The topological polar surface area (TPSA) is 54.8 Å². The van der Waals surface area contributed by atoms with Crippen LogP contribution in [-0.4, -0.2) is 53.6 Å². The van der Waals surface area contributed by atoms with Gasteiger partial charge in [0.1, 0.15) is 11.3 Å². The van der Waals surface area contributed by atoms with Crippen molar-refractivity contribution in [1.29, 1.82) is 0 Å². The molecule has 1 amide bonds. The SMILES string of the molecule is CCc1c(C(=O)N2CCN(Cc3ccccc3)CC2)c(=O)cc(C)n1Cc1ccccc1OC. The molecule has 1 saturated heterocycles. The molecule has 0 unspecified atom stereocenters. The third-order valence-electron chi connectivity index (χ3n) is 6.60. The largest absolute Gasteiger partial charge is 0.496 e. The molecule has 34 heavy (non-hydrogen) atoms. The van der Waals surface area contributed by atoms with E-state index in [-0.39, 0.29) is 11.3 Å². The van der Waals surface area contributed by atoms with Gasteiger partial charge in [0, 0.05) is 55.7 Å². The van der Waals surface area contributed by atoms with Crippen LogP contribution in [0, 0.1) is 6.92 Å². The highest BCUT2D eigenvalue weighted by molar-refractivity contribution is 5.95. The fraction of sp³-hybridized carbons (Fsp3) is 0.357. The summed E-state index contributed by atoms with van der Waals surface area (Å²) in [5, 5.41) is 0. The summed E-state index contributed by atoms with van der Waals surface area (Å²) in [5.74, 6) is 0.639. The zero-order valence-electron chi connectivity index (χ0n) is 20.3. The average Bonchev–Trinajstić information content (AvgIpc) is 2.86. The number of aromatic nitrogens is 1. The number of carbonyl (C=O) groups excluding carboxylic acids is 1. The highest BCUT2D eigenvalue weighted by Crippen LogP contribution is 2.22. The van der Waals surface area contributed by atoms with Crippen LogP contribution in [0.1, 0.15) is 39.8 Å². The van der Waals surface area contributed by atoms with Crippen LogP contribution in [-0.2, 0) is 19.5 Å². The van der Waals surface area contributed by atoms with Gasteiger partial charge in [-0.1, -0.05) is 55.5 Å². The molecule has 0 bridgehead atoms. The molecule has 6 heteroatoms. The number of amides is 1. The molecular formula is C28H33N3O3. The second-order valence-electron chi connectivity index (χ2n) is 8.78. The van der Waals surface area contributed by atoms with Crippen LogP contribution in [0.15, 0.2) is 65.5 Å². The molecule has 0 aliphatic carbocycles. The van der Waals surface area contributed by atoms with Crippen LogP contribution >= 0.6 is 0 Å². The van der Waals surface area contributed by atoms with E-state index in [1.807, 2.05) is 49.1 Å². The first-order chi connectivity index (χ1) is 16.5. The molecule has 3 aromatic rings. The summed E-state index contributed by atoms with van der Waals surface area (Å²) in [6.07, 6.45) is 0.598. The van der Waals surface area contributed by atoms with E-state index < -0.39 is 0 Å². The molecule has 4 rings (SSSR count). The second kappa shape index (κ2) is 10.7. The first-order valence-electron chi connectivity index (χ1n) is 11.9. The summed E-state index contributed by atoms with van der Waals surface area (Å²) < 4.78 is 7.61. The van der Waals surface area contributed by atoms with E-state index in [1.165, 1.54) is 5.56 Å². The van der Waals surface area contributed by atoms with E-state index in [0.717, 1.165) is 42.3 Å². The van der Waals surface area contributed by atoms with Gasteiger partial charge >= 0.3 is 0 Å². The predicted molar refractivity (Wildman–Crippen MR) is 135 cm³/mol. The number of hydrogen-bond donors (Lipinski definition) is 0. The monoisotopic (exact) mass is 459 g/mol. The van der Waals surface area contributed by atoms with Crippen molar-refractivity contribution in [3.63, 3.8) is 0 Å². The Morgan fingerprint density at radius 3 is 2.29 bits per heavy atom. The first-order valence-corrected chi connectivity index (χ1v) is 11.9. The summed E-state index contributed by atoms with van der Waals surface area (Å²) in [4.78, 5) is 30.8. The molecule has 178 valence electrons. The lowest BCUT2D eigenvalue weighted by Crippen LogP contribution is -2.49. The molecular weight excluding hydrogens is 426 g/mol. The predicted octanol–water partition coefficient (Wildman–Crippen LogP) is 3.73. The van der Waals surface area contributed by atoms with E-state index >= 15 is 0 Å². The van der Waals surface area contributed by atoms with Gasteiger partial charge < -0.3 is 14.2 Å². The number of aryl methyl sites for hydroxylation is 1. The number of ether oxygens (including phenoxy) is 1. The molecule has 2 heterocycles. The van der Waals surface area contributed by atoms with Gasteiger partial charge in [-0.25, -0.2) is 0 Å². The maximum absolute atomic E-state index is 13.6. The van der Waals surface area contributed by atoms with Crippen molar-refractivity contribution < 1.29 is 9.53 Å². The van der Waals surface area contributed by atoms with Gasteiger partial charge in [-0.05, 0) is 25.0 Å². The number of benzene rings is 2. The molecule has 1 aliphatic rings. The van der Waals surface area contributed by atoms with Crippen LogP contribution in [0.3, 0.4) is 0 Å². The lowest BCUT2D eigenvalue weighted by molar-refractivity contribution is 0.0625. The Kier molecular flexibility index (Phi) is 7.48. The molecule has 0 spiro atoms. The van der Waals surface area contributed by atoms with Crippen LogP contribution in [0.2, 0.25) is 0 Å². The lowest BCUT2D eigenvalue weighted by atomic mass is 10.1. The number of methoxy groups -OCH3 is 1. The minimum absolute atomic E-state index is 0.157. The van der Waals surface area contributed by atoms with Crippen molar-refractivity contribution in [2.75, 3.05) is 33.3 Å². The van der Waals surface area contributed by atoms with Crippen molar-refractivity contribution in [2.45, 2.75) is 33.4 Å². The highest BCUT2D eigenvalue weighted by atomic mass is 16.5. The minimum Gasteiger partial charge on any atom is -0.496 e. The minimum atomic E-state index is -0.192. The molecule has 0 atom stereocenters. The number of rotatable bonds is 7. The van der Waals surface area contributed by atoms with Crippen LogP contribution in [0.4, 0.5) is 0 Å². The Labute approximate surface area is 201 Å². The Hall–Kier alpha value is -3.38. The summed E-state index contributed by atoms with van der Waals surface area (Å²) in [7, 11) is 1.66. The van der Waals surface area contributed by atoms with Crippen molar-refractivity contribution in [3.05, 3.63) is 99.0 Å². The third kappa shape index (κ3) is 5.07. The Bertz CT molecular complexity index is 1200. The molecule has 6 nitrogen and oxygen atoms in total. The number of pyridine rings is 1.